The third-order valence-electron chi connectivity index (χ3n) is 4.29. The second kappa shape index (κ2) is 5.94. The number of rotatable bonds is 4. The van der Waals surface area contributed by atoms with E-state index in [9.17, 15) is 4.79 Å². The standard InChI is InChI=1S/C16H25N3O/c1-12-4-5-14(8-13(12)2)18-15(20)9-19-7-6-16(3,10-17)11-19/h4-5,8H,6-7,9-11,17H2,1-3H3,(H,18,20). The maximum absolute atomic E-state index is 12.1. The molecule has 1 atom stereocenters. The van der Waals surface area contributed by atoms with E-state index in [1.165, 1.54) is 11.1 Å². The van der Waals surface area contributed by atoms with Gasteiger partial charge in [-0.3, -0.25) is 9.69 Å². The number of nitrogens with two attached hydrogens (primary N) is 1. The molecule has 0 saturated carbocycles. The summed E-state index contributed by atoms with van der Waals surface area (Å²) in [5, 5.41) is 2.97. The summed E-state index contributed by atoms with van der Waals surface area (Å²) in [5.74, 6) is 0.0505. The smallest absolute Gasteiger partial charge is 0.238 e. The Morgan fingerprint density at radius 3 is 2.75 bits per heavy atom. The lowest BCUT2D eigenvalue weighted by atomic mass is 9.90. The molecule has 0 spiro atoms. The molecule has 1 heterocycles. The van der Waals surface area contributed by atoms with Gasteiger partial charge in [-0.1, -0.05) is 13.0 Å². The predicted molar refractivity (Wildman–Crippen MR) is 82.8 cm³/mol. The molecule has 1 aliphatic heterocycles. The first-order valence-electron chi connectivity index (χ1n) is 7.21. The number of aryl methyl sites for hydroxylation is 2. The molecule has 20 heavy (non-hydrogen) atoms. The van der Waals surface area contributed by atoms with Crippen molar-refractivity contribution in [2.45, 2.75) is 27.2 Å². The van der Waals surface area contributed by atoms with Crippen molar-refractivity contribution in [2.75, 3.05) is 31.5 Å². The first kappa shape index (κ1) is 15.0. The molecule has 0 radical (unpaired) electrons. The summed E-state index contributed by atoms with van der Waals surface area (Å²) in [4.78, 5) is 14.3. The maximum atomic E-state index is 12.1. The van der Waals surface area contributed by atoms with Crippen LogP contribution in [0.15, 0.2) is 18.2 Å². The topological polar surface area (TPSA) is 58.4 Å². The quantitative estimate of drug-likeness (QED) is 0.882. The van der Waals surface area contributed by atoms with E-state index >= 15 is 0 Å². The highest BCUT2D eigenvalue weighted by Gasteiger charge is 2.33. The summed E-state index contributed by atoms with van der Waals surface area (Å²) in [7, 11) is 0. The molecule has 1 fully saturated rings. The van der Waals surface area contributed by atoms with Gasteiger partial charge in [0.15, 0.2) is 0 Å². The zero-order valence-electron chi connectivity index (χ0n) is 12.7. The fraction of sp³-hybridized carbons (Fsp3) is 0.562. The summed E-state index contributed by atoms with van der Waals surface area (Å²) in [6, 6.07) is 6.00. The number of carbonyl (C=O) groups excluding carboxylic acids is 1. The van der Waals surface area contributed by atoms with Gasteiger partial charge in [0.25, 0.3) is 0 Å². The molecule has 2 rings (SSSR count). The Hall–Kier alpha value is -1.39. The Kier molecular flexibility index (Phi) is 4.45. The van der Waals surface area contributed by atoms with Crippen LogP contribution in [0.3, 0.4) is 0 Å². The van der Waals surface area contributed by atoms with Crippen molar-refractivity contribution in [3.63, 3.8) is 0 Å². The fourth-order valence-electron chi connectivity index (χ4n) is 2.65. The van der Waals surface area contributed by atoms with Crippen molar-refractivity contribution in [2.24, 2.45) is 11.1 Å². The lowest BCUT2D eigenvalue weighted by molar-refractivity contribution is -0.117. The van der Waals surface area contributed by atoms with E-state index in [1.54, 1.807) is 0 Å². The first-order valence-corrected chi connectivity index (χ1v) is 7.21. The molecule has 0 bridgehead atoms. The minimum Gasteiger partial charge on any atom is -0.330 e. The van der Waals surface area contributed by atoms with Crippen LogP contribution in [-0.4, -0.2) is 37.0 Å². The number of nitrogens with zero attached hydrogens (tertiary/aromatic N) is 1. The molecular formula is C16H25N3O. The normalized spacial score (nSPS) is 23.0. The van der Waals surface area contributed by atoms with Crippen LogP contribution in [0.5, 0.6) is 0 Å². The van der Waals surface area contributed by atoms with Crippen molar-refractivity contribution in [3.05, 3.63) is 29.3 Å². The van der Waals surface area contributed by atoms with Crippen molar-refractivity contribution in [1.29, 1.82) is 0 Å². The summed E-state index contributed by atoms with van der Waals surface area (Å²) >= 11 is 0. The van der Waals surface area contributed by atoms with Gasteiger partial charge in [-0.15, -0.1) is 0 Å². The number of hydrogen-bond donors (Lipinski definition) is 2. The highest BCUT2D eigenvalue weighted by atomic mass is 16.2. The summed E-state index contributed by atoms with van der Waals surface area (Å²) < 4.78 is 0. The van der Waals surface area contributed by atoms with Crippen molar-refractivity contribution in [1.82, 2.24) is 4.90 Å². The SMILES string of the molecule is Cc1ccc(NC(=O)CN2CCC(C)(CN)C2)cc1C. The zero-order chi connectivity index (χ0) is 14.8. The number of anilines is 1. The Bertz CT molecular complexity index is 500. The highest BCUT2D eigenvalue weighted by Crippen LogP contribution is 2.28. The molecule has 110 valence electrons. The molecule has 1 amide bonds. The largest absolute Gasteiger partial charge is 0.330 e. The van der Waals surface area contributed by atoms with Crippen LogP contribution in [-0.2, 0) is 4.79 Å². The highest BCUT2D eigenvalue weighted by molar-refractivity contribution is 5.92. The third-order valence-corrected chi connectivity index (χ3v) is 4.29. The predicted octanol–water partition coefficient (Wildman–Crippen LogP) is 1.91. The fourth-order valence-corrected chi connectivity index (χ4v) is 2.65. The first-order chi connectivity index (χ1) is 9.42. The summed E-state index contributed by atoms with van der Waals surface area (Å²) in [5.41, 5.74) is 9.26. The number of amides is 1. The number of carbonyl (C=O) groups is 1. The minimum atomic E-state index is 0.0505. The van der Waals surface area contributed by atoms with Gasteiger partial charge in [0.1, 0.15) is 0 Å². The van der Waals surface area contributed by atoms with Gasteiger partial charge in [0.2, 0.25) is 5.91 Å². The Morgan fingerprint density at radius 2 is 2.15 bits per heavy atom. The van der Waals surface area contributed by atoms with Crippen molar-refractivity contribution in [3.8, 4) is 0 Å². The van der Waals surface area contributed by atoms with E-state index in [0.717, 1.165) is 25.2 Å². The van der Waals surface area contributed by atoms with Crippen molar-refractivity contribution >= 4 is 11.6 Å². The summed E-state index contributed by atoms with van der Waals surface area (Å²) in [6.45, 7) is 9.30. The van der Waals surface area contributed by atoms with Gasteiger partial charge in [0.05, 0.1) is 6.54 Å². The number of benzene rings is 1. The molecule has 0 aromatic heterocycles. The average Bonchev–Trinajstić information content (AvgIpc) is 2.76. The molecule has 1 saturated heterocycles. The lowest BCUT2D eigenvalue weighted by Gasteiger charge is -2.22. The van der Waals surface area contributed by atoms with E-state index in [0.29, 0.717) is 13.1 Å². The molecule has 1 unspecified atom stereocenters. The van der Waals surface area contributed by atoms with E-state index in [1.807, 2.05) is 18.2 Å². The van der Waals surface area contributed by atoms with Crippen LogP contribution in [0.2, 0.25) is 0 Å². The lowest BCUT2D eigenvalue weighted by Crippen LogP contribution is -2.35. The van der Waals surface area contributed by atoms with E-state index in [4.69, 9.17) is 5.73 Å². The van der Waals surface area contributed by atoms with Gasteiger partial charge in [-0.25, -0.2) is 0 Å². The second-order valence-electron chi connectivity index (χ2n) is 6.32. The van der Waals surface area contributed by atoms with Crippen LogP contribution in [0, 0.1) is 19.3 Å². The van der Waals surface area contributed by atoms with E-state index in [2.05, 4.69) is 31.0 Å². The number of likely N-dealkylation sites (tertiary alicyclic amines) is 1. The van der Waals surface area contributed by atoms with E-state index in [-0.39, 0.29) is 11.3 Å². The molecule has 0 aliphatic carbocycles. The number of hydrogen-bond acceptors (Lipinski definition) is 3. The minimum absolute atomic E-state index is 0.0505. The van der Waals surface area contributed by atoms with Crippen LogP contribution < -0.4 is 11.1 Å². The van der Waals surface area contributed by atoms with Crippen LogP contribution >= 0.6 is 0 Å². The van der Waals surface area contributed by atoms with Gasteiger partial charge < -0.3 is 11.1 Å². The van der Waals surface area contributed by atoms with Crippen LogP contribution in [0.4, 0.5) is 5.69 Å². The molecule has 3 N–H and O–H groups in total. The maximum Gasteiger partial charge on any atom is 0.238 e. The monoisotopic (exact) mass is 275 g/mol. The van der Waals surface area contributed by atoms with E-state index < -0.39 is 0 Å². The van der Waals surface area contributed by atoms with Crippen molar-refractivity contribution < 1.29 is 4.79 Å². The van der Waals surface area contributed by atoms with Gasteiger partial charge in [0, 0.05) is 12.2 Å². The van der Waals surface area contributed by atoms with Crippen LogP contribution in [0.25, 0.3) is 0 Å². The van der Waals surface area contributed by atoms with Gasteiger partial charge >= 0.3 is 0 Å². The average molecular weight is 275 g/mol. The molecule has 1 aliphatic rings. The Balaban J connectivity index is 1.88. The molecular weight excluding hydrogens is 250 g/mol. The molecule has 4 heteroatoms. The Morgan fingerprint density at radius 1 is 1.40 bits per heavy atom. The second-order valence-corrected chi connectivity index (χ2v) is 6.32. The zero-order valence-corrected chi connectivity index (χ0v) is 12.7. The summed E-state index contributed by atoms with van der Waals surface area (Å²) in [6.07, 6.45) is 1.07. The third kappa shape index (κ3) is 3.58. The Labute approximate surface area is 121 Å². The van der Waals surface area contributed by atoms with Crippen LogP contribution in [0.1, 0.15) is 24.5 Å². The number of nitrogens with one attached hydrogen (secondary N) is 1. The molecule has 4 nitrogen and oxygen atoms in total. The van der Waals surface area contributed by atoms with Gasteiger partial charge in [-0.05, 0) is 62.0 Å². The molecule has 1 aromatic carbocycles. The molecule has 1 aromatic rings. The van der Waals surface area contributed by atoms with Gasteiger partial charge in [-0.2, -0.15) is 0 Å².